The maximum atomic E-state index is 14.0. The van der Waals surface area contributed by atoms with Crippen LogP contribution in [0, 0.1) is 13.8 Å². The lowest BCUT2D eigenvalue weighted by Gasteiger charge is -2.25. The average Bonchev–Trinajstić information content (AvgIpc) is 3.64. The molecule has 6 rings (SSSR count). The van der Waals surface area contributed by atoms with Crippen LogP contribution in [0.1, 0.15) is 65.2 Å². The summed E-state index contributed by atoms with van der Waals surface area (Å²) >= 11 is -1.62. The van der Waals surface area contributed by atoms with Crippen LogP contribution in [0.25, 0.3) is 5.65 Å². The van der Waals surface area contributed by atoms with Crippen LogP contribution >= 0.6 is 0 Å². The number of carbonyl (C=O) groups is 1. The van der Waals surface area contributed by atoms with E-state index in [9.17, 15) is 27.6 Å². The van der Waals surface area contributed by atoms with E-state index in [1.807, 2.05) is 29.4 Å². The zero-order valence-electron chi connectivity index (χ0n) is 26.0. The molecular weight excluding hydrogens is 639 g/mol. The van der Waals surface area contributed by atoms with Gasteiger partial charge < -0.3 is 23.9 Å². The molecule has 0 amide bonds. The molecule has 1 N–H and O–H groups in total. The number of pyridine rings is 2. The van der Waals surface area contributed by atoms with Gasteiger partial charge in [-0.15, -0.1) is 14.5 Å². The third-order valence-electron chi connectivity index (χ3n) is 8.55. The van der Waals surface area contributed by atoms with Crippen molar-refractivity contribution in [1.82, 2.24) is 23.9 Å². The molecule has 47 heavy (non-hydrogen) atoms. The second kappa shape index (κ2) is 12.9. The fourth-order valence-corrected chi connectivity index (χ4v) is 7.17. The van der Waals surface area contributed by atoms with Gasteiger partial charge >= 0.3 is 12.1 Å². The summed E-state index contributed by atoms with van der Waals surface area (Å²) in [6, 6.07) is 10.4. The number of hydrogen-bond donors (Lipinski definition) is 1. The number of halogens is 3. The summed E-state index contributed by atoms with van der Waals surface area (Å²) in [4.78, 5) is 17.0. The number of benzene rings is 1. The molecular formula is C32H34F3N5O6S. The minimum atomic E-state index is -4.70. The molecule has 0 radical (unpaired) electrons. The summed E-state index contributed by atoms with van der Waals surface area (Å²) in [6.45, 7) is 5.18. The molecule has 2 atom stereocenters. The van der Waals surface area contributed by atoms with Crippen molar-refractivity contribution in [2.24, 2.45) is 0 Å². The number of carboxylic acids is 1. The quantitative estimate of drug-likeness (QED) is 0.167. The van der Waals surface area contributed by atoms with E-state index in [1.54, 1.807) is 26.2 Å². The molecule has 1 saturated carbocycles. The second-order valence-electron chi connectivity index (χ2n) is 11.9. The van der Waals surface area contributed by atoms with Gasteiger partial charge in [-0.25, -0.2) is 0 Å². The number of fused-ring (bicyclic) bond motifs is 2. The van der Waals surface area contributed by atoms with Crippen LogP contribution in [0.2, 0.25) is 0 Å². The van der Waals surface area contributed by atoms with Gasteiger partial charge in [-0.3, -0.25) is 9.20 Å². The molecule has 0 saturated heterocycles. The van der Waals surface area contributed by atoms with Crippen LogP contribution in [0.5, 0.6) is 11.8 Å². The Morgan fingerprint density at radius 2 is 1.96 bits per heavy atom. The van der Waals surface area contributed by atoms with E-state index in [0.29, 0.717) is 53.6 Å². The van der Waals surface area contributed by atoms with Crippen molar-refractivity contribution >= 4 is 23.0 Å². The highest BCUT2D eigenvalue weighted by molar-refractivity contribution is 7.89. The molecule has 2 aliphatic rings. The summed E-state index contributed by atoms with van der Waals surface area (Å²) in [7, 11) is 1.62. The number of carboxylic acid groups (broad SMARTS) is 1. The Morgan fingerprint density at radius 1 is 1.17 bits per heavy atom. The Kier molecular flexibility index (Phi) is 9.09. The van der Waals surface area contributed by atoms with E-state index in [1.165, 1.54) is 12.3 Å². The predicted molar refractivity (Wildman–Crippen MR) is 164 cm³/mol. The van der Waals surface area contributed by atoms with E-state index in [-0.39, 0.29) is 24.5 Å². The number of aromatic nitrogens is 4. The molecule has 1 spiro atoms. The van der Waals surface area contributed by atoms with E-state index < -0.39 is 40.9 Å². The standard InChI is InChI=1S/C32H34F3N5O6S/c1-19-5-6-21(24(16-27(41)42)23-9-12-40-28(20(23)2)37-38-30(40)32(33,34)35)15-22(19)17-39-18-31(10-11-31)46-29-25(47(39)43)7-8-26(36-29)45-14-4-13-44-3/h5-9,12,15,24H,4,10-11,13-14,16-18H2,1-3H3,(H,41,42). The van der Waals surface area contributed by atoms with Crippen molar-refractivity contribution in [3.8, 4) is 11.8 Å². The summed E-state index contributed by atoms with van der Waals surface area (Å²) in [5.41, 5.74) is 2.80. The van der Waals surface area contributed by atoms with Crippen molar-refractivity contribution in [1.29, 1.82) is 0 Å². The van der Waals surface area contributed by atoms with Gasteiger partial charge in [0.2, 0.25) is 16.6 Å². The summed E-state index contributed by atoms with van der Waals surface area (Å²) in [5, 5.41) is 17.0. The number of nitrogens with zero attached hydrogens (tertiary/aromatic N) is 5. The van der Waals surface area contributed by atoms with E-state index in [2.05, 4.69) is 15.2 Å². The van der Waals surface area contributed by atoms with Gasteiger partial charge in [0.05, 0.1) is 37.5 Å². The fraction of sp³-hybridized carbons (Fsp3) is 0.438. The lowest BCUT2D eigenvalue weighted by Crippen LogP contribution is -2.38. The summed E-state index contributed by atoms with van der Waals surface area (Å²) in [5.74, 6) is -2.25. The van der Waals surface area contributed by atoms with E-state index in [4.69, 9.17) is 14.2 Å². The van der Waals surface area contributed by atoms with Crippen molar-refractivity contribution in [3.63, 3.8) is 0 Å². The first kappa shape index (κ1) is 33.0. The molecule has 0 bridgehead atoms. The molecule has 250 valence electrons. The number of ether oxygens (including phenoxy) is 3. The van der Waals surface area contributed by atoms with Gasteiger partial charge in [-0.05, 0) is 60.6 Å². The molecule has 1 aliphatic carbocycles. The van der Waals surface area contributed by atoms with Crippen LogP contribution in [0.4, 0.5) is 13.2 Å². The Labute approximate surface area is 272 Å². The molecule has 4 aromatic rings. The summed E-state index contributed by atoms with van der Waals surface area (Å²) in [6.07, 6.45) is -1.53. The third-order valence-corrected chi connectivity index (χ3v) is 9.96. The highest BCUT2D eigenvalue weighted by atomic mass is 32.2. The zero-order valence-corrected chi connectivity index (χ0v) is 26.9. The topological polar surface area (TPSA) is 134 Å². The number of aryl methyl sites for hydroxylation is 2. The third kappa shape index (κ3) is 6.89. The van der Waals surface area contributed by atoms with Crippen molar-refractivity contribution in [2.75, 3.05) is 26.9 Å². The van der Waals surface area contributed by atoms with Crippen LogP contribution in [0.3, 0.4) is 0 Å². The van der Waals surface area contributed by atoms with Gasteiger partial charge in [-0.2, -0.15) is 18.2 Å². The zero-order chi connectivity index (χ0) is 33.5. The van der Waals surface area contributed by atoms with Crippen molar-refractivity contribution in [2.45, 2.75) is 68.7 Å². The number of methoxy groups -OCH3 is 1. The number of hydrogen-bond acceptors (Lipinski definition) is 9. The van der Waals surface area contributed by atoms with Gasteiger partial charge in [-0.1, -0.05) is 18.2 Å². The van der Waals surface area contributed by atoms with E-state index in [0.717, 1.165) is 28.4 Å². The first-order chi connectivity index (χ1) is 22.4. The maximum Gasteiger partial charge on any atom is 0.452 e. The minimum absolute atomic E-state index is 0.00283. The first-order valence-electron chi connectivity index (χ1n) is 15.1. The average molecular weight is 674 g/mol. The Morgan fingerprint density at radius 3 is 2.66 bits per heavy atom. The molecule has 3 aromatic heterocycles. The van der Waals surface area contributed by atoms with Gasteiger partial charge in [0, 0.05) is 44.4 Å². The molecule has 15 heteroatoms. The minimum Gasteiger partial charge on any atom is -0.593 e. The fourth-order valence-electron chi connectivity index (χ4n) is 5.87. The largest absolute Gasteiger partial charge is 0.593 e. The number of aliphatic carboxylic acids is 1. The first-order valence-corrected chi connectivity index (χ1v) is 16.2. The highest BCUT2D eigenvalue weighted by Gasteiger charge is 2.53. The van der Waals surface area contributed by atoms with Gasteiger partial charge in [0.25, 0.3) is 5.88 Å². The second-order valence-corrected chi connectivity index (χ2v) is 13.4. The molecule has 1 fully saturated rings. The van der Waals surface area contributed by atoms with Crippen molar-refractivity contribution < 1.29 is 41.8 Å². The van der Waals surface area contributed by atoms with Gasteiger partial charge in [0.15, 0.2) is 5.65 Å². The Balaban J connectivity index is 1.30. The lowest BCUT2D eigenvalue weighted by atomic mass is 9.85. The SMILES string of the molecule is COCCCOc1ccc2c(n1)OC1(CC1)CN(Cc1cc(C(CC(=O)O)c3ccn4c(C(F)(F)F)nnc4c3C)ccc1C)[S+]2[O-]. The highest BCUT2D eigenvalue weighted by Crippen LogP contribution is 2.46. The van der Waals surface area contributed by atoms with Crippen molar-refractivity contribution in [3.05, 3.63) is 76.2 Å². The molecule has 2 unspecified atom stereocenters. The molecule has 1 aromatic carbocycles. The van der Waals surface area contributed by atoms with Gasteiger partial charge in [0.1, 0.15) is 5.60 Å². The predicted octanol–water partition coefficient (Wildman–Crippen LogP) is 5.23. The van der Waals surface area contributed by atoms with Crippen LogP contribution in [-0.2, 0) is 33.6 Å². The Hall–Kier alpha value is -3.92. The van der Waals surface area contributed by atoms with E-state index >= 15 is 0 Å². The smallest absolute Gasteiger partial charge is 0.452 e. The normalized spacial score (nSPS) is 18.1. The molecule has 4 heterocycles. The maximum absolute atomic E-state index is 14.0. The van der Waals surface area contributed by atoms with Crippen LogP contribution in [-0.4, -0.2) is 72.0 Å². The van der Waals surface area contributed by atoms with Crippen LogP contribution < -0.4 is 9.47 Å². The number of rotatable bonds is 11. The molecule has 1 aliphatic heterocycles. The Bertz CT molecular complexity index is 1800. The monoisotopic (exact) mass is 673 g/mol. The lowest BCUT2D eigenvalue weighted by molar-refractivity contribution is -0.145. The summed E-state index contributed by atoms with van der Waals surface area (Å²) < 4.78 is 74.3. The number of alkyl halides is 3. The molecule has 11 nitrogen and oxygen atoms in total. The van der Waals surface area contributed by atoms with Crippen LogP contribution in [0.15, 0.2) is 47.5 Å².